The molecule has 1 aromatic carbocycles. The van der Waals surface area contributed by atoms with Gasteiger partial charge in [0.05, 0.1) is 18.5 Å². The van der Waals surface area contributed by atoms with Crippen molar-refractivity contribution in [1.29, 1.82) is 0 Å². The van der Waals surface area contributed by atoms with E-state index in [1.807, 2.05) is 0 Å². The lowest BCUT2D eigenvalue weighted by molar-refractivity contribution is -0.120. The van der Waals surface area contributed by atoms with Gasteiger partial charge in [-0.05, 0) is 26.0 Å². The molecule has 2 rings (SSSR count). The minimum absolute atomic E-state index is 0.302. The van der Waals surface area contributed by atoms with Crippen LogP contribution in [0.4, 0.5) is 11.4 Å². The highest BCUT2D eigenvalue weighted by Crippen LogP contribution is 2.31. The van der Waals surface area contributed by atoms with Crippen LogP contribution in [0.25, 0.3) is 0 Å². The van der Waals surface area contributed by atoms with Crippen LogP contribution in [0, 0.1) is 0 Å². The van der Waals surface area contributed by atoms with Crippen LogP contribution in [0.1, 0.15) is 13.8 Å². The Morgan fingerprint density at radius 2 is 1.67 bits per heavy atom. The predicted octanol–water partition coefficient (Wildman–Crippen LogP) is 1.49. The molecule has 1 aromatic rings. The first-order valence-corrected chi connectivity index (χ1v) is 5.47. The molecule has 0 saturated carbocycles. The molecule has 0 unspecified atom stereocenters. The summed E-state index contributed by atoms with van der Waals surface area (Å²) in [5, 5.41) is 0. The summed E-state index contributed by atoms with van der Waals surface area (Å²) in [5.41, 5.74) is 7.56. The van der Waals surface area contributed by atoms with Gasteiger partial charge in [-0.25, -0.2) is 4.90 Å². The van der Waals surface area contributed by atoms with E-state index in [9.17, 15) is 9.59 Å². The fraction of sp³-hybridized carbons (Fsp3) is 0.231. The number of methoxy groups -OCH3 is 1. The van der Waals surface area contributed by atoms with E-state index in [-0.39, 0.29) is 11.8 Å². The number of hydrogen-bond donors (Lipinski definition) is 1. The first kappa shape index (κ1) is 12.2. The van der Waals surface area contributed by atoms with Crippen molar-refractivity contribution in [1.82, 2.24) is 0 Å². The number of hydrogen-bond acceptors (Lipinski definition) is 4. The largest absolute Gasteiger partial charge is 0.495 e. The summed E-state index contributed by atoms with van der Waals surface area (Å²) in [7, 11) is 1.48. The highest BCUT2D eigenvalue weighted by atomic mass is 16.5. The van der Waals surface area contributed by atoms with E-state index in [1.54, 1.807) is 32.0 Å². The normalized spacial score (nSPS) is 15.6. The van der Waals surface area contributed by atoms with Gasteiger partial charge < -0.3 is 10.5 Å². The van der Waals surface area contributed by atoms with Gasteiger partial charge in [0.15, 0.2) is 0 Å². The molecule has 0 spiro atoms. The Kier molecular flexibility index (Phi) is 2.82. The summed E-state index contributed by atoms with van der Waals surface area (Å²) in [6.07, 6.45) is 0. The van der Waals surface area contributed by atoms with Gasteiger partial charge in [0.25, 0.3) is 11.8 Å². The fourth-order valence-corrected chi connectivity index (χ4v) is 1.82. The summed E-state index contributed by atoms with van der Waals surface area (Å²) < 4.78 is 5.08. The number of nitrogens with zero attached hydrogens (tertiary/aromatic N) is 1. The number of benzene rings is 1. The highest BCUT2D eigenvalue weighted by Gasteiger charge is 2.34. The molecule has 2 amide bonds. The van der Waals surface area contributed by atoms with Crippen LogP contribution in [-0.4, -0.2) is 18.9 Å². The highest BCUT2D eigenvalue weighted by molar-refractivity contribution is 6.32. The third kappa shape index (κ3) is 1.64. The van der Waals surface area contributed by atoms with Crippen molar-refractivity contribution in [2.24, 2.45) is 0 Å². The van der Waals surface area contributed by atoms with E-state index in [4.69, 9.17) is 10.5 Å². The van der Waals surface area contributed by atoms with Gasteiger partial charge >= 0.3 is 0 Å². The number of anilines is 2. The molecule has 2 N–H and O–H groups in total. The molecule has 0 saturated heterocycles. The molecule has 1 aliphatic heterocycles. The summed E-state index contributed by atoms with van der Waals surface area (Å²) in [5.74, 6) is -0.163. The van der Waals surface area contributed by atoms with Gasteiger partial charge in [-0.1, -0.05) is 0 Å². The zero-order valence-corrected chi connectivity index (χ0v) is 10.5. The molecule has 94 valence electrons. The number of carbonyl (C=O) groups is 2. The van der Waals surface area contributed by atoms with Crippen LogP contribution in [-0.2, 0) is 9.59 Å². The van der Waals surface area contributed by atoms with E-state index >= 15 is 0 Å². The number of amides is 2. The van der Waals surface area contributed by atoms with Crippen molar-refractivity contribution >= 4 is 23.2 Å². The number of carbonyl (C=O) groups excluding carboxylic acids is 2. The van der Waals surface area contributed by atoms with Crippen LogP contribution in [0.5, 0.6) is 5.75 Å². The van der Waals surface area contributed by atoms with E-state index < -0.39 is 0 Å². The molecule has 0 radical (unpaired) electrons. The summed E-state index contributed by atoms with van der Waals surface area (Å²) in [4.78, 5) is 25.1. The monoisotopic (exact) mass is 246 g/mol. The second kappa shape index (κ2) is 4.18. The maximum absolute atomic E-state index is 12.0. The molecule has 0 bridgehead atoms. The lowest BCUT2D eigenvalue weighted by atomic mass is 10.2. The number of imide groups is 1. The zero-order chi connectivity index (χ0) is 13.4. The van der Waals surface area contributed by atoms with Gasteiger partial charge in [0.2, 0.25) is 0 Å². The molecule has 1 heterocycles. The maximum atomic E-state index is 12.0. The molecule has 0 fully saturated rings. The molecular weight excluding hydrogens is 232 g/mol. The molecule has 5 heteroatoms. The standard InChI is InChI=1S/C13H14N2O3/c1-7-8(2)13(17)15(12(7)16)9-4-5-10(14)11(6-9)18-3/h4-6H,14H2,1-3H3. The second-order valence-electron chi connectivity index (χ2n) is 4.12. The molecule has 0 atom stereocenters. The van der Waals surface area contributed by atoms with Crippen molar-refractivity contribution in [2.45, 2.75) is 13.8 Å². The Morgan fingerprint density at radius 1 is 1.11 bits per heavy atom. The smallest absolute Gasteiger partial charge is 0.261 e. The lowest BCUT2D eigenvalue weighted by Crippen LogP contribution is -2.31. The van der Waals surface area contributed by atoms with Gasteiger partial charge in [-0.2, -0.15) is 0 Å². The minimum Gasteiger partial charge on any atom is -0.495 e. The average molecular weight is 246 g/mol. The zero-order valence-electron chi connectivity index (χ0n) is 10.5. The van der Waals surface area contributed by atoms with Crippen molar-refractivity contribution in [2.75, 3.05) is 17.7 Å². The van der Waals surface area contributed by atoms with Crippen molar-refractivity contribution in [3.05, 3.63) is 29.3 Å². The topological polar surface area (TPSA) is 72.6 Å². The summed E-state index contributed by atoms with van der Waals surface area (Å²) in [6.45, 7) is 3.29. The van der Waals surface area contributed by atoms with Crippen molar-refractivity contribution in [3.63, 3.8) is 0 Å². The second-order valence-corrected chi connectivity index (χ2v) is 4.12. The minimum atomic E-state index is -0.302. The molecule has 0 aromatic heterocycles. The Labute approximate surface area is 105 Å². The number of nitrogen functional groups attached to an aromatic ring is 1. The van der Waals surface area contributed by atoms with E-state index in [2.05, 4.69) is 0 Å². The van der Waals surface area contributed by atoms with E-state index in [1.165, 1.54) is 7.11 Å². The van der Waals surface area contributed by atoms with Crippen LogP contribution >= 0.6 is 0 Å². The van der Waals surface area contributed by atoms with E-state index in [0.717, 1.165) is 4.90 Å². The number of rotatable bonds is 2. The van der Waals surface area contributed by atoms with Gasteiger partial charge in [-0.3, -0.25) is 9.59 Å². The molecule has 1 aliphatic rings. The summed E-state index contributed by atoms with van der Waals surface area (Å²) in [6, 6.07) is 4.81. The third-order valence-corrected chi connectivity index (χ3v) is 3.09. The van der Waals surface area contributed by atoms with Gasteiger partial charge in [0.1, 0.15) is 5.75 Å². The Hall–Kier alpha value is -2.30. The quantitative estimate of drug-likeness (QED) is 0.633. The van der Waals surface area contributed by atoms with Crippen LogP contribution in [0.2, 0.25) is 0 Å². The SMILES string of the molecule is COc1cc(N2C(=O)C(C)=C(C)C2=O)ccc1N. The van der Waals surface area contributed by atoms with Crippen LogP contribution in [0.3, 0.4) is 0 Å². The van der Waals surface area contributed by atoms with Crippen LogP contribution in [0.15, 0.2) is 29.3 Å². The van der Waals surface area contributed by atoms with Gasteiger partial charge in [0, 0.05) is 17.2 Å². The molecule has 18 heavy (non-hydrogen) atoms. The Balaban J connectivity index is 2.46. The predicted molar refractivity (Wildman–Crippen MR) is 68.3 cm³/mol. The molecule has 5 nitrogen and oxygen atoms in total. The average Bonchev–Trinajstić information content (AvgIpc) is 2.55. The maximum Gasteiger partial charge on any atom is 0.261 e. The first-order valence-electron chi connectivity index (χ1n) is 5.47. The Bertz CT molecular complexity index is 552. The number of nitrogens with two attached hydrogens (primary N) is 1. The summed E-state index contributed by atoms with van der Waals surface area (Å²) >= 11 is 0. The Morgan fingerprint density at radius 3 is 2.17 bits per heavy atom. The first-order chi connectivity index (χ1) is 8.47. The molecular formula is C13H14N2O3. The molecule has 0 aliphatic carbocycles. The lowest BCUT2D eigenvalue weighted by Gasteiger charge is -2.16. The number of ether oxygens (including phenoxy) is 1. The van der Waals surface area contributed by atoms with Crippen molar-refractivity contribution < 1.29 is 14.3 Å². The fourth-order valence-electron chi connectivity index (χ4n) is 1.82. The van der Waals surface area contributed by atoms with Crippen molar-refractivity contribution in [3.8, 4) is 5.75 Å². The van der Waals surface area contributed by atoms with E-state index in [0.29, 0.717) is 28.3 Å². The third-order valence-electron chi connectivity index (χ3n) is 3.09. The van der Waals surface area contributed by atoms with Gasteiger partial charge in [-0.15, -0.1) is 0 Å². The van der Waals surface area contributed by atoms with Crippen LogP contribution < -0.4 is 15.4 Å².